The van der Waals surface area contributed by atoms with Crippen LogP contribution < -0.4 is 11.1 Å². The summed E-state index contributed by atoms with van der Waals surface area (Å²) in [6.45, 7) is 4.00. The maximum absolute atomic E-state index is 11.5. The predicted octanol–water partition coefficient (Wildman–Crippen LogP) is 1.80. The zero-order valence-electron chi connectivity index (χ0n) is 9.26. The second-order valence-corrected chi connectivity index (χ2v) is 3.22. The van der Waals surface area contributed by atoms with Crippen LogP contribution in [0.25, 0.3) is 0 Å². The molecule has 0 fully saturated rings. The first-order valence-corrected chi connectivity index (χ1v) is 4.85. The van der Waals surface area contributed by atoms with Gasteiger partial charge in [-0.25, -0.2) is 4.79 Å². The quantitative estimate of drug-likeness (QED) is 0.587. The SMILES string of the molecule is CCOC(=O)c1cc(N)c(NC)cc1C. The van der Waals surface area contributed by atoms with Crippen molar-refractivity contribution in [2.75, 3.05) is 24.7 Å². The molecule has 0 aliphatic carbocycles. The first-order chi connectivity index (χ1) is 7.10. The summed E-state index contributed by atoms with van der Waals surface area (Å²) in [4.78, 5) is 11.5. The minimum Gasteiger partial charge on any atom is -0.462 e. The zero-order chi connectivity index (χ0) is 11.4. The van der Waals surface area contributed by atoms with E-state index in [4.69, 9.17) is 10.5 Å². The highest BCUT2D eigenvalue weighted by molar-refractivity contribution is 5.93. The average Bonchev–Trinajstić information content (AvgIpc) is 2.21. The summed E-state index contributed by atoms with van der Waals surface area (Å²) in [5.74, 6) is -0.329. The topological polar surface area (TPSA) is 64.3 Å². The van der Waals surface area contributed by atoms with Crippen LogP contribution >= 0.6 is 0 Å². The second kappa shape index (κ2) is 4.68. The van der Waals surface area contributed by atoms with E-state index >= 15 is 0 Å². The Bertz CT molecular complexity index is 375. The third-order valence-corrected chi connectivity index (χ3v) is 2.16. The van der Waals surface area contributed by atoms with Crippen LogP contribution in [0.1, 0.15) is 22.8 Å². The maximum atomic E-state index is 11.5. The van der Waals surface area contributed by atoms with Gasteiger partial charge in [-0.15, -0.1) is 0 Å². The van der Waals surface area contributed by atoms with Gasteiger partial charge in [-0.05, 0) is 31.5 Å². The molecule has 0 amide bonds. The van der Waals surface area contributed by atoms with Crippen LogP contribution in [-0.2, 0) is 4.74 Å². The summed E-state index contributed by atoms with van der Waals surface area (Å²) in [5.41, 5.74) is 8.51. The molecule has 15 heavy (non-hydrogen) atoms. The number of ether oxygens (including phenoxy) is 1. The number of esters is 1. The van der Waals surface area contributed by atoms with Crippen molar-refractivity contribution in [1.29, 1.82) is 0 Å². The Morgan fingerprint density at radius 1 is 1.53 bits per heavy atom. The smallest absolute Gasteiger partial charge is 0.338 e. The molecule has 0 spiro atoms. The monoisotopic (exact) mass is 208 g/mol. The molecule has 0 radical (unpaired) electrons. The van der Waals surface area contributed by atoms with Gasteiger partial charge in [0, 0.05) is 7.05 Å². The van der Waals surface area contributed by atoms with Crippen LogP contribution in [0, 0.1) is 6.92 Å². The van der Waals surface area contributed by atoms with E-state index in [1.54, 1.807) is 20.0 Å². The highest BCUT2D eigenvalue weighted by Crippen LogP contribution is 2.23. The largest absolute Gasteiger partial charge is 0.462 e. The van der Waals surface area contributed by atoms with Gasteiger partial charge < -0.3 is 15.8 Å². The van der Waals surface area contributed by atoms with Gasteiger partial charge in [0.2, 0.25) is 0 Å². The van der Waals surface area contributed by atoms with E-state index in [2.05, 4.69) is 5.32 Å². The Kier molecular flexibility index (Phi) is 3.55. The summed E-state index contributed by atoms with van der Waals surface area (Å²) in [5, 5.41) is 2.96. The highest BCUT2D eigenvalue weighted by atomic mass is 16.5. The number of carbonyl (C=O) groups excluding carboxylic acids is 1. The lowest BCUT2D eigenvalue weighted by molar-refractivity contribution is 0.0525. The molecule has 4 heteroatoms. The molecule has 0 aliphatic rings. The molecule has 0 aromatic heterocycles. The fourth-order valence-corrected chi connectivity index (χ4v) is 1.37. The van der Waals surface area contributed by atoms with Crippen LogP contribution in [-0.4, -0.2) is 19.6 Å². The number of rotatable bonds is 3. The molecule has 0 saturated heterocycles. The number of benzene rings is 1. The van der Waals surface area contributed by atoms with Crippen molar-refractivity contribution >= 4 is 17.3 Å². The molecule has 3 N–H and O–H groups in total. The molecule has 0 saturated carbocycles. The van der Waals surface area contributed by atoms with Crippen molar-refractivity contribution < 1.29 is 9.53 Å². The van der Waals surface area contributed by atoms with E-state index < -0.39 is 0 Å². The molecule has 1 aromatic rings. The molecule has 4 nitrogen and oxygen atoms in total. The van der Waals surface area contributed by atoms with Gasteiger partial charge >= 0.3 is 5.97 Å². The fourth-order valence-electron chi connectivity index (χ4n) is 1.37. The molecule has 1 aromatic carbocycles. The molecular formula is C11H16N2O2. The van der Waals surface area contributed by atoms with Crippen molar-refractivity contribution in [2.24, 2.45) is 0 Å². The number of nitrogens with two attached hydrogens (primary N) is 1. The number of hydrogen-bond donors (Lipinski definition) is 2. The highest BCUT2D eigenvalue weighted by Gasteiger charge is 2.12. The van der Waals surface area contributed by atoms with E-state index in [0.717, 1.165) is 11.3 Å². The van der Waals surface area contributed by atoms with Crippen LogP contribution in [0.2, 0.25) is 0 Å². The lowest BCUT2D eigenvalue weighted by atomic mass is 10.1. The summed E-state index contributed by atoms with van der Waals surface area (Å²) < 4.78 is 4.92. The molecule has 0 unspecified atom stereocenters. The lowest BCUT2D eigenvalue weighted by Crippen LogP contribution is -2.08. The molecule has 0 atom stereocenters. The molecular weight excluding hydrogens is 192 g/mol. The van der Waals surface area contributed by atoms with E-state index in [1.807, 2.05) is 13.0 Å². The number of nitrogens with one attached hydrogen (secondary N) is 1. The lowest BCUT2D eigenvalue weighted by Gasteiger charge is -2.10. The molecule has 0 bridgehead atoms. The van der Waals surface area contributed by atoms with Crippen LogP contribution in [0.3, 0.4) is 0 Å². The standard InChI is InChI=1S/C11H16N2O2/c1-4-15-11(14)8-6-9(12)10(13-3)5-7(8)2/h5-6,13H,4,12H2,1-3H3. The Labute approximate surface area is 89.4 Å². The minimum absolute atomic E-state index is 0.329. The molecule has 0 heterocycles. The number of aryl methyl sites for hydroxylation is 1. The van der Waals surface area contributed by atoms with Gasteiger partial charge in [0.1, 0.15) is 0 Å². The van der Waals surface area contributed by atoms with E-state index in [0.29, 0.717) is 17.9 Å². The molecule has 82 valence electrons. The van der Waals surface area contributed by atoms with Gasteiger partial charge in [-0.1, -0.05) is 0 Å². The third-order valence-electron chi connectivity index (χ3n) is 2.16. The fraction of sp³-hybridized carbons (Fsp3) is 0.364. The Hall–Kier alpha value is -1.71. The van der Waals surface area contributed by atoms with Crippen molar-refractivity contribution in [3.63, 3.8) is 0 Å². The Morgan fingerprint density at radius 2 is 2.20 bits per heavy atom. The minimum atomic E-state index is -0.329. The summed E-state index contributed by atoms with van der Waals surface area (Å²) in [6.07, 6.45) is 0. The van der Waals surface area contributed by atoms with Crippen molar-refractivity contribution in [3.05, 3.63) is 23.3 Å². The molecule has 1 rings (SSSR count). The summed E-state index contributed by atoms with van der Waals surface area (Å²) in [6, 6.07) is 3.47. The van der Waals surface area contributed by atoms with Crippen LogP contribution in [0.4, 0.5) is 11.4 Å². The van der Waals surface area contributed by atoms with Gasteiger partial charge in [0.15, 0.2) is 0 Å². The van der Waals surface area contributed by atoms with Gasteiger partial charge in [0.05, 0.1) is 23.5 Å². The maximum Gasteiger partial charge on any atom is 0.338 e. The zero-order valence-corrected chi connectivity index (χ0v) is 9.26. The van der Waals surface area contributed by atoms with Crippen LogP contribution in [0.15, 0.2) is 12.1 Å². The van der Waals surface area contributed by atoms with Crippen LogP contribution in [0.5, 0.6) is 0 Å². The van der Waals surface area contributed by atoms with Gasteiger partial charge in [-0.2, -0.15) is 0 Å². The van der Waals surface area contributed by atoms with Crippen molar-refractivity contribution in [2.45, 2.75) is 13.8 Å². The van der Waals surface area contributed by atoms with Crippen molar-refractivity contribution in [3.8, 4) is 0 Å². The first kappa shape index (κ1) is 11.4. The Morgan fingerprint density at radius 3 is 2.73 bits per heavy atom. The number of anilines is 2. The van der Waals surface area contributed by atoms with E-state index in [1.165, 1.54) is 0 Å². The second-order valence-electron chi connectivity index (χ2n) is 3.22. The van der Waals surface area contributed by atoms with E-state index in [9.17, 15) is 4.79 Å². The van der Waals surface area contributed by atoms with Gasteiger partial charge in [0.25, 0.3) is 0 Å². The number of nitrogen functional groups attached to an aromatic ring is 1. The summed E-state index contributed by atoms with van der Waals surface area (Å²) in [7, 11) is 1.79. The normalized spacial score (nSPS) is 9.80. The van der Waals surface area contributed by atoms with E-state index in [-0.39, 0.29) is 5.97 Å². The van der Waals surface area contributed by atoms with Crippen molar-refractivity contribution in [1.82, 2.24) is 0 Å². The average molecular weight is 208 g/mol. The predicted molar refractivity (Wildman–Crippen MR) is 61.1 cm³/mol. The summed E-state index contributed by atoms with van der Waals surface area (Å²) >= 11 is 0. The molecule has 0 aliphatic heterocycles. The Balaban J connectivity index is 3.10. The third kappa shape index (κ3) is 2.40. The van der Waals surface area contributed by atoms with Gasteiger partial charge in [-0.3, -0.25) is 0 Å². The first-order valence-electron chi connectivity index (χ1n) is 4.85. The number of hydrogen-bond acceptors (Lipinski definition) is 4. The number of carbonyl (C=O) groups is 1.